The van der Waals surface area contributed by atoms with Gasteiger partial charge in [-0.05, 0) is 0 Å². The minimum absolute atomic E-state index is 0.123. The highest BCUT2D eigenvalue weighted by Crippen LogP contribution is 2.19. The molecule has 0 saturated carbocycles. The highest BCUT2D eigenvalue weighted by atomic mass is 16.5. The monoisotopic (exact) mass is 196 g/mol. The summed E-state index contributed by atoms with van der Waals surface area (Å²) in [6, 6.07) is 1.32. The molecule has 0 aromatic carbocycles. The fourth-order valence-electron chi connectivity index (χ4n) is 1.33. The Morgan fingerprint density at radius 3 is 2.93 bits per heavy atom. The molecule has 0 radical (unpaired) electrons. The lowest BCUT2D eigenvalue weighted by Crippen LogP contribution is -2.18. The summed E-state index contributed by atoms with van der Waals surface area (Å²) < 4.78 is 4.80. The third-order valence-corrected chi connectivity index (χ3v) is 2.06. The van der Waals surface area contributed by atoms with Crippen molar-refractivity contribution in [3.8, 4) is 0 Å². The van der Waals surface area contributed by atoms with E-state index in [9.17, 15) is 9.59 Å². The number of carbonyl (C=O) groups excluding carboxylic acids is 1. The van der Waals surface area contributed by atoms with Gasteiger partial charge in [-0.2, -0.15) is 0 Å². The van der Waals surface area contributed by atoms with Gasteiger partial charge in [0.2, 0.25) is 5.88 Å². The number of carboxylic acid groups (broad SMARTS) is 1. The van der Waals surface area contributed by atoms with Crippen LogP contribution in [0.5, 0.6) is 0 Å². The molecule has 1 fully saturated rings. The van der Waals surface area contributed by atoms with Gasteiger partial charge in [0, 0.05) is 19.0 Å². The standard InChI is InChI=1S/C8H8N2O4/c11-5-1-2-10(4-5)7-3-6(8(12)13)9-14-7/h3H,1-2,4H2,(H,12,13). The maximum Gasteiger partial charge on any atom is 0.358 e. The zero-order valence-corrected chi connectivity index (χ0v) is 7.27. The highest BCUT2D eigenvalue weighted by molar-refractivity contribution is 5.88. The van der Waals surface area contributed by atoms with E-state index in [1.165, 1.54) is 6.07 Å². The molecule has 0 amide bonds. The summed E-state index contributed by atoms with van der Waals surface area (Å²) in [6.45, 7) is 0.835. The van der Waals surface area contributed by atoms with Crippen molar-refractivity contribution in [1.29, 1.82) is 0 Å². The normalized spacial score (nSPS) is 16.3. The lowest BCUT2D eigenvalue weighted by Gasteiger charge is -2.09. The molecule has 14 heavy (non-hydrogen) atoms. The molecule has 74 valence electrons. The van der Waals surface area contributed by atoms with Crippen molar-refractivity contribution in [2.45, 2.75) is 6.42 Å². The van der Waals surface area contributed by atoms with Gasteiger partial charge in [0.25, 0.3) is 0 Å². The van der Waals surface area contributed by atoms with Crippen molar-refractivity contribution < 1.29 is 19.2 Å². The molecule has 0 aliphatic carbocycles. The third-order valence-electron chi connectivity index (χ3n) is 2.06. The minimum Gasteiger partial charge on any atom is -0.476 e. The summed E-state index contributed by atoms with van der Waals surface area (Å²) in [5, 5.41) is 11.9. The van der Waals surface area contributed by atoms with Gasteiger partial charge >= 0.3 is 5.97 Å². The number of anilines is 1. The third kappa shape index (κ3) is 1.46. The van der Waals surface area contributed by atoms with Gasteiger partial charge in [0.1, 0.15) is 0 Å². The fourth-order valence-corrected chi connectivity index (χ4v) is 1.33. The summed E-state index contributed by atoms with van der Waals surface area (Å²) in [6.07, 6.45) is 0.475. The van der Waals surface area contributed by atoms with Crippen LogP contribution in [0.3, 0.4) is 0 Å². The molecule has 6 nitrogen and oxygen atoms in total. The molecule has 6 heteroatoms. The Hall–Kier alpha value is -1.85. The quantitative estimate of drug-likeness (QED) is 0.724. The average molecular weight is 196 g/mol. The van der Waals surface area contributed by atoms with E-state index in [1.54, 1.807) is 4.90 Å². The van der Waals surface area contributed by atoms with E-state index in [1.807, 2.05) is 0 Å². The highest BCUT2D eigenvalue weighted by Gasteiger charge is 2.23. The molecule has 0 bridgehead atoms. The Morgan fingerprint density at radius 2 is 2.43 bits per heavy atom. The van der Waals surface area contributed by atoms with Gasteiger partial charge in [0.05, 0.1) is 6.54 Å². The molecule has 0 atom stereocenters. The first-order valence-electron chi connectivity index (χ1n) is 4.13. The summed E-state index contributed by atoms with van der Waals surface area (Å²) in [4.78, 5) is 23.1. The van der Waals surface area contributed by atoms with E-state index in [-0.39, 0.29) is 18.0 Å². The van der Waals surface area contributed by atoms with Gasteiger partial charge in [-0.1, -0.05) is 5.16 Å². The zero-order chi connectivity index (χ0) is 10.1. The summed E-state index contributed by atoms with van der Waals surface area (Å²) in [7, 11) is 0. The Morgan fingerprint density at radius 1 is 1.64 bits per heavy atom. The maximum atomic E-state index is 10.9. The molecule has 0 unspecified atom stereocenters. The number of aromatic carboxylic acids is 1. The van der Waals surface area contributed by atoms with Gasteiger partial charge in [0.15, 0.2) is 11.5 Å². The van der Waals surface area contributed by atoms with E-state index >= 15 is 0 Å². The summed E-state index contributed by atoms with van der Waals surface area (Å²) in [5.74, 6) is -0.669. The van der Waals surface area contributed by atoms with E-state index in [2.05, 4.69) is 5.16 Å². The summed E-state index contributed by atoms with van der Waals surface area (Å²) in [5.41, 5.74) is -0.139. The van der Waals surface area contributed by atoms with Gasteiger partial charge in [-0.15, -0.1) is 0 Å². The molecular weight excluding hydrogens is 188 g/mol. The molecule has 1 aliphatic heterocycles. The first kappa shape index (κ1) is 8.74. The van der Waals surface area contributed by atoms with Gasteiger partial charge < -0.3 is 14.5 Å². The molecule has 1 saturated heterocycles. The second-order valence-corrected chi connectivity index (χ2v) is 3.07. The topological polar surface area (TPSA) is 83.6 Å². The van der Waals surface area contributed by atoms with Crippen molar-refractivity contribution >= 4 is 17.6 Å². The molecule has 2 heterocycles. The second kappa shape index (κ2) is 3.13. The predicted octanol–water partition coefficient (Wildman–Crippen LogP) is 0.152. The SMILES string of the molecule is O=C1CCN(c2cc(C(=O)O)no2)C1. The molecule has 1 N–H and O–H groups in total. The Balaban J connectivity index is 2.17. The number of carbonyl (C=O) groups is 2. The van der Waals surface area contributed by atoms with E-state index in [0.717, 1.165) is 0 Å². The zero-order valence-electron chi connectivity index (χ0n) is 7.27. The van der Waals surface area contributed by atoms with Crippen LogP contribution in [0.2, 0.25) is 0 Å². The van der Waals surface area contributed by atoms with Crippen molar-refractivity contribution in [3.05, 3.63) is 11.8 Å². The molecule has 1 aromatic heterocycles. The number of hydrogen-bond acceptors (Lipinski definition) is 5. The predicted molar refractivity (Wildman–Crippen MR) is 45.3 cm³/mol. The van der Waals surface area contributed by atoms with E-state index < -0.39 is 5.97 Å². The van der Waals surface area contributed by atoms with Gasteiger partial charge in [-0.25, -0.2) is 4.79 Å². The van der Waals surface area contributed by atoms with Crippen LogP contribution in [0, 0.1) is 0 Å². The molecule has 0 spiro atoms. The second-order valence-electron chi connectivity index (χ2n) is 3.07. The van der Waals surface area contributed by atoms with Crippen molar-refractivity contribution in [2.24, 2.45) is 0 Å². The summed E-state index contributed by atoms with van der Waals surface area (Å²) >= 11 is 0. The van der Waals surface area contributed by atoms with Crippen LogP contribution in [0.15, 0.2) is 10.6 Å². The van der Waals surface area contributed by atoms with Crippen molar-refractivity contribution in [3.63, 3.8) is 0 Å². The first-order valence-corrected chi connectivity index (χ1v) is 4.13. The minimum atomic E-state index is -1.13. The fraction of sp³-hybridized carbons (Fsp3) is 0.375. The van der Waals surface area contributed by atoms with Crippen LogP contribution < -0.4 is 4.90 Å². The van der Waals surface area contributed by atoms with Crippen LogP contribution in [0.1, 0.15) is 16.9 Å². The van der Waals surface area contributed by atoms with Crippen molar-refractivity contribution in [1.82, 2.24) is 5.16 Å². The van der Waals surface area contributed by atoms with Crippen LogP contribution in [-0.2, 0) is 4.79 Å². The first-order chi connectivity index (χ1) is 6.66. The number of ketones is 1. The molecule has 1 aromatic rings. The van der Waals surface area contributed by atoms with Crippen LogP contribution in [-0.4, -0.2) is 35.1 Å². The average Bonchev–Trinajstić information content (AvgIpc) is 2.70. The lowest BCUT2D eigenvalue weighted by atomic mass is 10.4. The van der Waals surface area contributed by atoms with Crippen LogP contribution in [0.4, 0.5) is 5.88 Å². The van der Waals surface area contributed by atoms with Gasteiger partial charge in [-0.3, -0.25) is 4.79 Å². The Bertz CT molecular complexity index is 384. The molecular formula is C8H8N2O4. The van der Waals surface area contributed by atoms with Crippen molar-refractivity contribution in [2.75, 3.05) is 18.0 Å². The Labute approximate surface area is 79.1 Å². The molecule has 2 rings (SSSR count). The Kier molecular flexibility index (Phi) is 1.95. The number of nitrogens with zero attached hydrogens (tertiary/aromatic N) is 2. The van der Waals surface area contributed by atoms with E-state index in [4.69, 9.17) is 9.63 Å². The number of hydrogen-bond donors (Lipinski definition) is 1. The number of carboxylic acids is 1. The smallest absolute Gasteiger partial charge is 0.358 e. The lowest BCUT2D eigenvalue weighted by molar-refractivity contribution is -0.116. The number of Topliss-reactive ketones (excluding diaryl/α,β-unsaturated/α-hetero) is 1. The maximum absolute atomic E-state index is 10.9. The number of aromatic nitrogens is 1. The van der Waals surface area contributed by atoms with E-state index in [0.29, 0.717) is 18.8 Å². The number of rotatable bonds is 2. The molecule has 1 aliphatic rings. The largest absolute Gasteiger partial charge is 0.476 e. The van der Waals surface area contributed by atoms with Crippen LogP contribution in [0.25, 0.3) is 0 Å². The van der Waals surface area contributed by atoms with Crippen LogP contribution >= 0.6 is 0 Å².